The van der Waals surface area contributed by atoms with Crippen molar-refractivity contribution in [2.45, 2.75) is 17.7 Å². The summed E-state index contributed by atoms with van der Waals surface area (Å²) in [5, 5.41) is 3.03. The van der Waals surface area contributed by atoms with Crippen LogP contribution in [-0.4, -0.2) is 57.3 Å². The number of benzene rings is 1. The standard InChI is InChI=1S/C14H21N3O3S/c1-16(2)21(19,20)13-7-5-12(6-8-13)15-11-14(18)17-9-3-4-10-17/h5-8,15H,3-4,9-11H2,1-2H3. The van der Waals surface area contributed by atoms with Crippen LogP contribution in [0.5, 0.6) is 0 Å². The van der Waals surface area contributed by atoms with Crippen LogP contribution in [0.2, 0.25) is 0 Å². The lowest BCUT2D eigenvalue weighted by molar-refractivity contribution is -0.128. The van der Waals surface area contributed by atoms with Crippen LogP contribution in [0.1, 0.15) is 12.8 Å². The third-order valence-corrected chi connectivity index (χ3v) is 5.36. The van der Waals surface area contributed by atoms with Crippen LogP contribution in [0, 0.1) is 0 Å². The molecule has 0 atom stereocenters. The van der Waals surface area contributed by atoms with Gasteiger partial charge in [-0.3, -0.25) is 4.79 Å². The first-order valence-electron chi connectivity index (χ1n) is 6.95. The van der Waals surface area contributed by atoms with Gasteiger partial charge in [-0.25, -0.2) is 12.7 Å². The number of likely N-dealkylation sites (tertiary alicyclic amines) is 1. The van der Waals surface area contributed by atoms with E-state index in [1.54, 1.807) is 12.1 Å². The van der Waals surface area contributed by atoms with Gasteiger partial charge in [0.2, 0.25) is 15.9 Å². The minimum atomic E-state index is -3.41. The zero-order valence-corrected chi connectivity index (χ0v) is 13.2. The quantitative estimate of drug-likeness (QED) is 0.880. The van der Waals surface area contributed by atoms with Crippen LogP contribution in [-0.2, 0) is 14.8 Å². The molecule has 7 heteroatoms. The number of carbonyl (C=O) groups excluding carboxylic acids is 1. The zero-order valence-electron chi connectivity index (χ0n) is 12.4. The minimum absolute atomic E-state index is 0.0810. The lowest BCUT2D eigenvalue weighted by atomic mass is 10.3. The van der Waals surface area contributed by atoms with E-state index in [9.17, 15) is 13.2 Å². The van der Waals surface area contributed by atoms with Crippen molar-refractivity contribution in [1.29, 1.82) is 0 Å². The minimum Gasteiger partial charge on any atom is -0.376 e. The van der Waals surface area contributed by atoms with Crippen molar-refractivity contribution in [3.63, 3.8) is 0 Å². The third kappa shape index (κ3) is 3.74. The molecular weight excluding hydrogens is 290 g/mol. The highest BCUT2D eigenvalue weighted by molar-refractivity contribution is 7.89. The van der Waals surface area contributed by atoms with Gasteiger partial charge in [-0.1, -0.05) is 0 Å². The predicted octanol–water partition coefficient (Wildman–Crippen LogP) is 0.971. The van der Waals surface area contributed by atoms with E-state index in [4.69, 9.17) is 0 Å². The molecule has 0 aromatic heterocycles. The van der Waals surface area contributed by atoms with Gasteiger partial charge in [-0.2, -0.15) is 0 Å². The summed E-state index contributed by atoms with van der Waals surface area (Å²) in [6, 6.07) is 6.43. The van der Waals surface area contributed by atoms with Crippen molar-refractivity contribution < 1.29 is 13.2 Å². The molecule has 1 aliphatic rings. The lowest BCUT2D eigenvalue weighted by Gasteiger charge is -2.16. The maximum Gasteiger partial charge on any atom is 0.242 e. The molecular formula is C14H21N3O3S. The highest BCUT2D eigenvalue weighted by Crippen LogP contribution is 2.16. The van der Waals surface area contributed by atoms with Gasteiger partial charge in [0.15, 0.2) is 0 Å². The number of amides is 1. The summed E-state index contributed by atoms with van der Waals surface area (Å²) < 4.78 is 25.0. The number of hydrogen-bond donors (Lipinski definition) is 1. The van der Waals surface area contributed by atoms with Crippen LogP contribution < -0.4 is 5.32 Å². The molecule has 116 valence electrons. The second-order valence-electron chi connectivity index (χ2n) is 5.25. The zero-order chi connectivity index (χ0) is 15.5. The molecule has 0 saturated carbocycles. The number of nitrogens with one attached hydrogen (secondary N) is 1. The van der Waals surface area contributed by atoms with E-state index in [-0.39, 0.29) is 17.3 Å². The Hall–Kier alpha value is -1.60. The Morgan fingerprint density at radius 3 is 2.29 bits per heavy atom. The van der Waals surface area contributed by atoms with Crippen LogP contribution in [0.25, 0.3) is 0 Å². The van der Waals surface area contributed by atoms with Gasteiger partial charge < -0.3 is 10.2 Å². The number of rotatable bonds is 5. The van der Waals surface area contributed by atoms with Crippen molar-refractivity contribution in [1.82, 2.24) is 9.21 Å². The number of anilines is 1. The number of hydrogen-bond acceptors (Lipinski definition) is 4. The SMILES string of the molecule is CN(C)S(=O)(=O)c1ccc(NCC(=O)N2CCCC2)cc1. The number of nitrogens with zero attached hydrogens (tertiary/aromatic N) is 2. The van der Waals surface area contributed by atoms with E-state index < -0.39 is 10.0 Å². The third-order valence-electron chi connectivity index (χ3n) is 3.54. The Morgan fingerprint density at radius 1 is 1.19 bits per heavy atom. The molecule has 0 radical (unpaired) electrons. The molecule has 1 fully saturated rings. The molecule has 0 bridgehead atoms. The van der Waals surface area contributed by atoms with E-state index in [1.807, 2.05) is 4.90 Å². The summed E-state index contributed by atoms with van der Waals surface area (Å²) in [6.07, 6.45) is 2.14. The van der Waals surface area contributed by atoms with Crippen molar-refractivity contribution in [2.24, 2.45) is 0 Å². The lowest BCUT2D eigenvalue weighted by Crippen LogP contribution is -2.32. The molecule has 2 rings (SSSR count). The molecule has 1 N–H and O–H groups in total. The second-order valence-corrected chi connectivity index (χ2v) is 7.41. The van der Waals surface area contributed by atoms with Gasteiger partial charge in [0.1, 0.15) is 0 Å². The summed E-state index contributed by atoms with van der Waals surface area (Å²) in [7, 11) is -0.415. The average molecular weight is 311 g/mol. The Kier molecular flexibility index (Phi) is 4.84. The van der Waals surface area contributed by atoms with Crippen LogP contribution >= 0.6 is 0 Å². The van der Waals surface area contributed by atoms with E-state index in [0.717, 1.165) is 31.6 Å². The van der Waals surface area contributed by atoms with Crippen molar-refractivity contribution in [3.8, 4) is 0 Å². The van der Waals surface area contributed by atoms with E-state index in [1.165, 1.54) is 30.5 Å². The Bertz CT molecular complexity index is 590. The molecule has 21 heavy (non-hydrogen) atoms. The summed E-state index contributed by atoms with van der Waals surface area (Å²) in [5.74, 6) is 0.0810. The smallest absolute Gasteiger partial charge is 0.242 e. The molecule has 0 unspecified atom stereocenters. The molecule has 0 aliphatic carbocycles. The number of sulfonamides is 1. The summed E-state index contributed by atoms with van der Waals surface area (Å²) in [6.45, 7) is 1.90. The molecule has 1 saturated heterocycles. The normalized spacial score (nSPS) is 15.5. The van der Waals surface area contributed by atoms with E-state index >= 15 is 0 Å². The molecule has 1 amide bonds. The van der Waals surface area contributed by atoms with Gasteiger partial charge in [-0.05, 0) is 37.1 Å². The fraction of sp³-hybridized carbons (Fsp3) is 0.500. The topological polar surface area (TPSA) is 69.7 Å². The molecule has 1 heterocycles. The highest BCUT2D eigenvalue weighted by Gasteiger charge is 2.18. The van der Waals surface area contributed by atoms with Crippen LogP contribution in [0.3, 0.4) is 0 Å². The maximum absolute atomic E-state index is 11.9. The second kappa shape index (κ2) is 6.44. The molecule has 0 spiro atoms. The Balaban J connectivity index is 1.95. The van der Waals surface area contributed by atoms with Crippen molar-refractivity contribution in [2.75, 3.05) is 39.0 Å². The first kappa shape index (κ1) is 15.8. The summed E-state index contributed by atoms with van der Waals surface area (Å²) in [5.41, 5.74) is 0.736. The monoisotopic (exact) mass is 311 g/mol. The Morgan fingerprint density at radius 2 is 1.76 bits per heavy atom. The maximum atomic E-state index is 11.9. The first-order valence-corrected chi connectivity index (χ1v) is 8.39. The molecule has 6 nitrogen and oxygen atoms in total. The highest BCUT2D eigenvalue weighted by atomic mass is 32.2. The molecule has 1 aliphatic heterocycles. The first-order chi connectivity index (χ1) is 9.91. The number of carbonyl (C=O) groups is 1. The predicted molar refractivity (Wildman–Crippen MR) is 81.6 cm³/mol. The largest absolute Gasteiger partial charge is 0.376 e. The van der Waals surface area contributed by atoms with Crippen molar-refractivity contribution >= 4 is 21.6 Å². The van der Waals surface area contributed by atoms with Gasteiger partial charge in [0.05, 0.1) is 11.4 Å². The van der Waals surface area contributed by atoms with Crippen LogP contribution in [0.15, 0.2) is 29.2 Å². The summed E-state index contributed by atoms with van der Waals surface area (Å²) in [4.78, 5) is 14.0. The van der Waals surface area contributed by atoms with Gasteiger partial charge in [0.25, 0.3) is 0 Å². The van der Waals surface area contributed by atoms with Crippen LogP contribution in [0.4, 0.5) is 5.69 Å². The van der Waals surface area contributed by atoms with Gasteiger partial charge >= 0.3 is 0 Å². The molecule has 1 aromatic carbocycles. The molecule has 1 aromatic rings. The van der Waals surface area contributed by atoms with Gasteiger partial charge in [-0.15, -0.1) is 0 Å². The van der Waals surface area contributed by atoms with Crippen molar-refractivity contribution in [3.05, 3.63) is 24.3 Å². The van der Waals surface area contributed by atoms with E-state index in [0.29, 0.717) is 0 Å². The average Bonchev–Trinajstić information content (AvgIpc) is 2.99. The fourth-order valence-corrected chi connectivity index (χ4v) is 3.11. The summed E-state index contributed by atoms with van der Waals surface area (Å²) >= 11 is 0. The van der Waals surface area contributed by atoms with E-state index in [2.05, 4.69) is 5.32 Å². The Labute approximate surface area is 125 Å². The fourth-order valence-electron chi connectivity index (χ4n) is 2.21. The van der Waals surface area contributed by atoms with Gasteiger partial charge in [0, 0.05) is 32.9 Å².